The number of para-hydroxylation sites is 1. The maximum atomic E-state index is 12.9. The Hall–Kier alpha value is -5.20. The first-order valence-corrected chi connectivity index (χ1v) is 28.8. The second-order valence-corrected chi connectivity index (χ2v) is 22.9. The van der Waals surface area contributed by atoms with Crippen LogP contribution in [0, 0.1) is 6.92 Å². The predicted octanol–water partition coefficient (Wildman–Crippen LogP) is -6.91. The van der Waals surface area contributed by atoms with Gasteiger partial charge in [-0.1, -0.05) is 18.2 Å². The van der Waals surface area contributed by atoms with Crippen molar-refractivity contribution in [3.05, 3.63) is 139 Å². The molecule has 0 saturated carbocycles. The van der Waals surface area contributed by atoms with E-state index in [1.165, 1.54) is 49.4 Å². The van der Waals surface area contributed by atoms with Crippen molar-refractivity contribution >= 4 is 137 Å². The normalized spacial score (nSPS) is 11.7. The molecule has 39 heteroatoms. The van der Waals surface area contributed by atoms with E-state index in [1.807, 2.05) is 0 Å². The quantitative estimate of drug-likeness (QED) is 0.0264. The number of carbonyl (C=O) groups is 1. The van der Waals surface area contributed by atoms with Gasteiger partial charge in [0.15, 0.2) is 5.75 Å². The number of nitrogens with zero attached hydrogens (tertiary/aromatic N) is 9. The number of ether oxygens (including phenoxy) is 1. The molecule has 89 heavy (non-hydrogen) atoms. The number of azo groups is 3. The van der Waals surface area contributed by atoms with Gasteiger partial charge in [0.25, 0.3) is 0 Å². The van der Waals surface area contributed by atoms with Crippen LogP contribution < -0.4 is 174 Å². The Balaban J connectivity index is 0.00000339. The first-order chi connectivity index (χ1) is 39.5. The minimum atomic E-state index is -5.65. The minimum absolute atomic E-state index is 0. The van der Waals surface area contributed by atoms with E-state index in [9.17, 15) is 77.1 Å². The number of aryl methyl sites for hydroxylation is 1. The number of carbonyl (C=O) groups excluding carboxylic acids is 1. The van der Waals surface area contributed by atoms with E-state index in [2.05, 4.69) is 61.6 Å². The summed E-state index contributed by atoms with van der Waals surface area (Å²) in [5.74, 6) is -5.04. The number of hydrogen-bond donors (Lipinski definition) is 6. The van der Waals surface area contributed by atoms with Gasteiger partial charge in [0, 0.05) is 28.4 Å². The average molecular weight is 1330 g/mol. The third-order valence-corrected chi connectivity index (χ3v) is 15.0. The van der Waals surface area contributed by atoms with Gasteiger partial charge in [0.1, 0.15) is 69.1 Å². The van der Waals surface area contributed by atoms with Crippen LogP contribution in [-0.4, -0.2) is 95.2 Å². The number of fused-ring (bicyclic) bond motifs is 2. The smallest absolute Gasteiger partial charge is 0.744 e. The number of methoxy groups -OCH3 is 1. The van der Waals surface area contributed by atoms with E-state index < -0.39 is 123 Å². The molecular weight excluding hydrogens is 1300 g/mol. The molecule has 0 aliphatic heterocycles. The molecular formula is C50H33N12Na5O18S4. The number of hydrogen-bond acceptors (Lipinski definition) is 30. The number of phenolic OH excluding ortho intramolecular Hbond substituents is 2. The molecule has 0 bridgehead atoms. The molecule has 0 aliphatic rings. The summed E-state index contributed by atoms with van der Waals surface area (Å²) >= 11 is 0. The standard InChI is InChI=1S/C50H38N12O18S4.5Na/c1-24-14-36(41(80-2)23-35(24)59-61-38-21-32(82(71,72)73)15-25-16-33(83(74,75)76)22-40(64)43(25)38)60-62-45-42(84(77,78)79)18-26-17-31(81(68,69)70)20-37(44(26)46(45)65)53-50-55-48(51-27-6-4-3-5-7-27)54-49(56-50)52-28-8-10-29(11-9-28)57-58-30-12-13-39(63)34(19-30)47(66)67;;;;;/h3-23,63-65H,1-2H3,(H,66,67)(H,68,69,70)(H,71,72,73)(H,74,75,76)(H,77,78,79)(H3,51,52,53,54,55,56);;;;;/q;5*+1/p-5. The zero-order chi connectivity index (χ0) is 60.6. The predicted molar refractivity (Wildman–Crippen MR) is 288 cm³/mol. The van der Waals surface area contributed by atoms with Gasteiger partial charge in [-0.25, -0.2) is 33.7 Å². The molecule has 6 N–H and O–H groups in total. The molecule has 0 saturated heterocycles. The van der Waals surface area contributed by atoms with Crippen molar-refractivity contribution in [2.45, 2.75) is 26.5 Å². The topological polar surface area (TPSA) is 488 Å². The van der Waals surface area contributed by atoms with E-state index in [0.29, 0.717) is 29.6 Å². The Morgan fingerprint density at radius 3 is 1.54 bits per heavy atom. The maximum absolute atomic E-state index is 12.9. The summed E-state index contributed by atoms with van der Waals surface area (Å²) in [5, 5.41) is 74.9. The van der Waals surface area contributed by atoms with Crippen LogP contribution >= 0.6 is 0 Å². The second-order valence-electron chi connectivity index (χ2n) is 17.4. The van der Waals surface area contributed by atoms with Gasteiger partial charge < -0.3 is 64.1 Å². The molecule has 0 unspecified atom stereocenters. The summed E-state index contributed by atoms with van der Waals surface area (Å²) in [6.07, 6.45) is 0. The largest absolute Gasteiger partial charge is 1.00 e. The molecule has 1 heterocycles. The Bertz CT molecular complexity index is 4790. The van der Waals surface area contributed by atoms with E-state index in [-0.39, 0.29) is 205 Å². The average Bonchev–Trinajstić information content (AvgIpc) is 0.876. The third-order valence-electron chi connectivity index (χ3n) is 11.8. The summed E-state index contributed by atoms with van der Waals surface area (Å²) in [5.41, 5.74) is -1.38. The van der Waals surface area contributed by atoms with Crippen LogP contribution in [0.15, 0.2) is 178 Å². The van der Waals surface area contributed by atoms with Crippen LogP contribution in [0.5, 0.6) is 23.0 Å². The number of aromatic carboxylic acids is 1. The molecule has 9 rings (SSSR count). The SMILES string of the molecule is COc1cc(N=Nc2cc(S(=O)(=O)[O-])cc3cc(S(=O)(=O)[O-])cc(O)c23)c(C)cc1N=Nc1c(S(=O)(=O)[O-])cc2cc(S(=O)(=O)[O-])cc(Nc3nc(Nc4ccccc4)nc(Nc4ccc(N=Nc5ccc(O)c(C(=O)[O-])c5)cc4)n3)c2c1O.[Na+].[Na+].[Na+].[Na+].[Na+]. The first-order valence-electron chi connectivity index (χ1n) is 23.2. The fourth-order valence-corrected chi connectivity index (χ4v) is 10.2. The number of benzene rings is 8. The van der Waals surface area contributed by atoms with Gasteiger partial charge in [-0.15, -0.1) is 15.3 Å². The van der Waals surface area contributed by atoms with Crippen LogP contribution in [0.3, 0.4) is 0 Å². The molecule has 30 nitrogen and oxygen atoms in total. The van der Waals surface area contributed by atoms with Gasteiger partial charge in [-0.3, -0.25) is 0 Å². The van der Waals surface area contributed by atoms with Crippen molar-refractivity contribution < 1.29 is 230 Å². The molecule has 1 aromatic heterocycles. The number of carboxylic acid groups (broad SMARTS) is 1. The van der Waals surface area contributed by atoms with Crippen LogP contribution in [0.25, 0.3) is 21.5 Å². The van der Waals surface area contributed by atoms with Gasteiger partial charge in [-0.2, -0.15) is 30.3 Å². The van der Waals surface area contributed by atoms with E-state index in [0.717, 1.165) is 43.5 Å². The van der Waals surface area contributed by atoms with Crippen LogP contribution in [0.1, 0.15) is 15.9 Å². The Kier molecular flexibility index (Phi) is 26.5. The van der Waals surface area contributed by atoms with Crippen molar-refractivity contribution in [1.82, 2.24) is 15.0 Å². The third kappa shape index (κ3) is 18.5. The monoisotopic (exact) mass is 1330 g/mol. The number of carboxylic acids is 1. The molecule has 0 atom stereocenters. The van der Waals surface area contributed by atoms with Gasteiger partial charge >= 0.3 is 148 Å². The number of aromatic nitrogens is 3. The van der Waals surface area contributed by atoms with E-state index in [4.69, 9.17) is 4.74 Å². The molecule has 0 spiro atoms. The van der Waals surface area contributed by atoms with Crippen molar-refractivity contribution in [1.29, 1.82) is 0 Å². The van der Waals surface area contributed by atoms with Crippen molar-refractivity contribution in [2.24, 2.45) is 30.7 Å². The van der Waals surface area contributed by atoms with Gasteiger partial charge in [0.2, 0.25) is 17.8 Å². The first kappa shape index (κ1) is 76.3. The fraction of sp³-hybridized carbons (Fsp3) is 0.0400. The zero-order valence-electron chi connectivity index (χ0n) is 47.2. The van der Waals surface area contributed by atoms with Crippen molar-refractivity contribution in [3.8, 4) is 23.0 Å². The molecule has 0 amide bonds. The summed E-state index contributed by atoms with van der Waals surface area (Å²) in [7, 11) is -20.3. The molecule has 0 fully saturated rings. The second kappa shape index (κ2) is 30.9. The fourth-order valence-electron chi connectivity index (χ4n) is 7.92. The van der Waals surface area contributed by atoms with Crippen LogP contribution in [-0.2, 0) is 40.5 Å². The molecule has 9 aromatic rings. The Labute approximate surface area is 615 Å². The van der Waals surface area contributed by atoms with Gasteiger partial charge in [-0.05, 0) is 126 Å². The van der Waals surface area contributed by atoms with Crippen LogP contribution in [0.2, 0.25) is 0 Å². The number of phenols is 3. The summed E-state index contributed by atoms with van der Waals surface area (Å²) in [6.45, 7) is 1.43. The maximum Gasteiger partial charge on any atom is 1.00 e. The number of rotatable bonds is 18. The number of anilines is 6. The molecule has 0 radical (unpaired) electrons. The van der Waals surface area contributed by atoms with E-state index >= 15 is 0 Å². The van der Waals surface area contributed by atoms with Crippen molar-refractivity contribution in [3.63, 3.8) is 0 Å². The summed E-state index contributed by atoms with van der Waals surface area (Å²) in [6, 6.07) is 25.3. The molecule has 8 aromatic carbocycles. The number of aromatic hydroxyl groups is 3. The number of nitrogens with one attached hydrogen (secondary N) is 3. The Morgan fingerprint density at radius 1 is 0.494 bits per heavy atom. The molecule has 430 valence electrons. The zero-order valence-corrected chi connectivity index (χ0v) is 60.5. The van der Waals surface area contributed by atoms with Gasteiger partial charge in [0.05, 0.1) is 66.5 Å². The summed E-state index contributed by atoms with van der Waals surface area (Å²) in [4.78, 5) is 20.4. The van der Waals surface area contributed by atoms with E-state index in [1.54, 1.807) is 30.3 Å². The van der Waals surface area contributed by atoms with Crippen molar-refractivity contribution in [2.75, 3.05) is 23.1 Å². The molecule has 0 aliphatic carbocycles. The Morgan fingerprint density at radius 2 is 0.989 bits per heavy atom. The summed E-state index contributed by atoms with van der Waals surface area (Å²) < 4.78 is 153. The van der Waals surface area contributed by atoms with Crippen LogP contribution in [0.4, 0.5) is 69.0 Å². The minimum Gasteiger partial charge on any atom is -0.744 e.